The molecule has 0 radical (unpaired) electrons. The molecule has 0 unspecified atom stereocenters. The molecule has 0 aliphatic rings. The fourth-order valence-electron chi connectivity index (χ4n) is 1.07. The van der Waals surface area contributed by atoms with Gasteiger partial charge in [0.15, 0.2) is 5.75 Å². The molecule has 0 atom stereocenters. The second-order valence-electron chi connectivity index (χ2n) is 3.76. The van der Waals surface area contributed by atoms with Crippen molar-refractivity contribution in [2.75, 3.05) is 7.05 Å². The summed E-state index contributed by atoms with van der Waals surface area (Å²) in [7, 11) is 1.52. The molecule has 1 aromatic heterocycles. The lowest BCUT2D eigenvalue weighted by Crippen LogP contribution is -2.21. The number of nitrogens with zero attached hydrogens (tertiary/aromatic N) is 2. The maximum Gasteiger partial charge on any atom is 0.412 e. The normalized spacial score (nSPS) is 10.4. The second kappa shape index (κ2) is 5.38. The molecule has 84 valence electrons. The van der Waals surface area contributed by atoms with E-state index in [1.165, 1.54) is 13.2 Å². The number of carbonyl (C=O) groups is 1. The van der Waals surface area contributed by atoms with Crippen molar-refractivity contribution < 1.29 is 9.53 Å². The molecule has 0 saturated carbocycles. The van der Waals surface area contributed by atoms with Crippen LogP contribution in [-0.4, -0.2) is 22.9 Å². The summed E-state index contributed by atoms with van der Waals surface area (Å²) in [4.78, 5) is 10.9. The summed E-state index contributed by atoms with van der Waals surface area (Å²) >= 11 is 0. The number of rotatable bonds is 4. The number of carbonyl (C=O) groups excluding carboxylic acids is 1. The predicted octanol–water partition coefficient (Wildman–Crippen LogP) is 1.65. The molecule has 15 heavy (non-hydrogen) atoms. The molecule has 5 nitrogen and oxygen atoms in total. The van der Waals surface area contributed by atoms with Crippen molar-refractivity contribution >= 4 is 6.09 Å². The minimum atomic E-state index is -0.474. The largest absolute Gasteiger partial charge is 0.412 e. The second-order valence-corrected chi connectivity index (χ2v) is 3.76. The van der Waals surface area contributed by atoms with Crippen LogP contribution in [0.3, 0.4) is 0 Å². The van der Waals surface area contributed by atoms with E-state index < -0.39 is 6.09 Å². The Morgan fingerprint density at radius 3 is 3.00 bits per heavy atom. The highest BCUT2D eigenvalue weighted by atomic mass is 16.6. The zero-order chi connectivity index (χ0) is 11.3. The summed E-state index contributed by atoms with van der Waals surface area (Å²) in [5.74, 6) is 1.11. The number of aromatic nitrogens is 2. The van der Waals surface area contributed by atoms with Crippen LogP contribution < -0.4 is 10.1 Å². The van der Waals surface area contributed by atoms with Gasteiger partial charge in [0, 0.05) is 13.6 Å². The molecule has 1 aromatic rings. The average Bonchev–Trinajstić information content (AvgIpc) is 2.62. The highest BCUT2D eigenvalue weighted by molar-refractivity contribution is 5.69. The topological polar surface area (TPSA) is 56.1 Å². The van der Waals surface area contributed by atoms with Crippen LogP contribution in [0.5, 0.6) is 5.75 Å². The van der Waals surface area contributed by atoms with Crippen molar-refractivity contribution in [2.45, 2.75) is 26.8 Å². The average molecular weight is 211 g/mol. The molecule has 0 saturated heterocycles. The van der Waals surface area contributed by atoms with E-state index in [9.17, 15) is 4.79 Å². The van der Waals surface area contributed by atoms with Crippen LogP contribution in [0.2, 0.25) is 0 Å². The van der Waals surface area contributed by atoms with Gasteiger partial charge in [-0.25, -0.2) is 4.79 Å². The molecule has 0 spiro atoms. The van der Waals surface area contributed by atoms with Crippen molar-refractivity contribution in [1.29, 1.82) is 0 Å². The van der Waals surface area contributed by atoms with Crippen LogP contribution in [0.25, 0.3) is 0 Å². The van der Waals surface area contributed by atoms with E-state index in [1.807, 2.05) is 0 Å². The summed E-state index contributed by atoms with van der Waals surface area (Å²) in [6, 6.07) is 0. The Kier molecular flexibility index (Phi) is 4.15. The first-order valence-electron chi connectivity index (χ1n) is 5.04. The van der Waals surface area contributed by atoms with Crippen LogP contribution >= 0.6 is 0 Å². The summed E-state index contributed by atoms with van der Waals surface area (Å²) < 4.78 is 6.69. The van der Waals surface area contributed by atoms with Gasteiger partial charge in [0.25, 0.3) is 0 Å². The zero-order valence-corrected chi connectivity index (χ0v) is 9.36. The molecule has 1 N–H and O–H groups in total. The minimum Gasteiger partial charge on any atom is -0.407 e. The van der Waals surface area contributed by atoms with E-state index in [0.29, 0.717) is 11.7 Å². The first-order valence-corrected chi connectivity index (χ1v) is 5.04. The fourth-order valence-corrected chi connectivity index (χ4v) is 1.07. The molecule has 1 rings (SSSR count). The van der Waals surface area contributed by atoms with Crippen molar-refractivity contribution in [3.8, 4) is 5.75 Å². The molecule has 0 bridgehead atoms. The smallest absolute Gasteiger partial charge is 0.407 e. The maximum atomic E-state index is 10.9. The van der Waals surface area contributed by atoms with E-state index in [4.69, 9.17) is 4.74 Å². The molecule has 1 heterocycles. The number of ether oxygens (including phenoxy) is 1. The van der Waals surface area contributed by atoms with Crippen LogP contribution in [0.4, 0.5) is 4.79 Å². The Labute approximate surface area is 89.4 Å². The summed E-state index contributed by atoms with van der Waals surface area (Å²) in [6.07, 6.45) is 3.84. The number of hydrogen-bond acceptors (Lipinski definition) is 3. The van der Waals surface area contributed by atoms with E-state index in [1.54, 1.807) is 10.9 Å². The molecule has 0 aliphatic carbocycles. The summed E-state index contributed by atoms with van der Waals surface area (Å²) in [5.41, 5.74) is 0. The van der Waals surface area contributed by atoms with Crippen molar-refractivity contribution in [3.63, 3.8) is 0 Å². The Hall–Kier alpha value is -1.52. The van der Waals surface area contributed by atoms with Crippen LogP contribution in [0, 0.1) is 5.92 Å². The predicted molar refractivity (Wildman–Crippen MR) is 56.8 cm³/mol. The Morgan fingerprint density at radius 2 is 2.40 bits per heavy atom. The zero-order valence-electron chi connectivity index (χ0n) is 9.36. The van der Waals surface area contributed by atoms with E-state index in [-0.39, 0.29) is 0 Å². The Morgan fingerprint density at radius 1 is 1.67 bits per heavy atom. The van der Waals surface area contributed by atoms with Gasteiger partial charge in [-0.2, -0.15) is 5.10 Å². The van der Waals surface area contributed by atoms with Gasteiger partial charge < -0.3 is 10.1 Å². The Bertz CT molecular complexity index is 320. The number of hydrogen-bond donors (Lipinski definition) is 1. The first kappa shape index (κ1) is 11.6. The first-order chi connectivity index (χ1) is 7.11. The monoisotopic (exact) mass is 211 g/mol. The van der Waals surface area contributed by atoms with Crippen molar-refractivity contribution in [2.24, 2.45) is 5.92 Å². The van der Waals surface area contributed by atoms with E-state index >= 15 is 0 Å². The molecule has 0 fully saturated rings. The van der Waals surface area contributed by atoms with Gasteiger partial charge in [0.1, 0.15) is 0 Å². The standard InChI is InChI=1S/C10H17N3O2/c1-8(2)4-5-13-7-9(6-12-13)15-10(14)11-3/h6-8H,4-5H2,1-3H3,(H,11,14). The van der Waals surface area contributed by atoms with Crippen molar-refractivity contribution in [3.05, 3.63) is 12.4 Å². The van der Waals surface area contributed by atoms with E-state index in [2.05, 4.69) is 24.3 Å². The summed E-state index contributed by atoms with van der Waals surface area (Å²) in [6.45, 7) is 5.16. The number of aryl methyl sites for hydroxylation is 1. The SMILES string of the molecule is CNC(=O)Oc1cnn(CCC(C)C)c1. The maximum absolute atomic E-state index is 10.9. The third kappa shape index (κ3) is 4.01. The van der Waals surface area contributed by atoms with Crippen LogP contribution in [-0.2, 0) is 6.54 Å². The van der Waals surface area contributed by atoms with Gasteiger partial charge in [-0.3, -0.25) is 4.68 Å². The van der Waals surface area contributed by atoms with Crippen LogP contribution in [0.15, 0.2) is 12.4 Å². The molecular weight excluding hydrogens is 194 g/mol. The minimum absolute atomic E-state index is 0.470. The summed E-state index contributed by atoms with van der Waals surface area (Å²) in [5, 5.41) is 6.46. The van der Waals surface area contributed by atoms with Gasteiger partial charge in [0.2, 0.25) is 0 Å². The van der Waals surface area contributed by atoms with Gasteiger partial charge >= 0.3 is 6.09 Å². The highest BCUT2D eigenvalue weighted by Gasteiger charge is 2.04. The van der Waals surface area contributed by atoms with E-state index in [0.717, 1.165) is 13.0 Å². The molecule has 1 amide bonds. The molecular formula is C10H17N3O2. The lowest BCUT2D eigenvalue weighted by atomic mass is 10.1. The molecule has 0 aromatic carbocycles. The number of amides is 1. The van der Waals surface area contributed by atoms with Crippen LogP contribution in [0.1, 0.15) is 20.3 Å². The lowest BCUT2D eigenvalue weighted by Gasteiger charge is -2.03. The Balaban J connectivity index is 2.45. The fraction of sp³-hybridized carbons (Fsp3) is 0.600. The molecule has 5 heteroatoms. The number of nitrogens with one attached hydrogen (secondary N) is 1. The molecule has 0 aliphatic heterocycles. The third-order valence-corrected chi connectivity index (χ3v) is 1.96. The lowest BCUT2D eigenvalue weighted by molar-refractivity contribution is 0.203. The van der Waals surface area contributed by atoms with Gasteiger partial charge in [0.05, 0.1) is 12.4 Å². The third-order valence-electron chi connectivity index (χ3n) is 1.96. The van der Waals surface area contributed by atoms with Crippen molar-refractivity contribution in [1.82, 2.24) is 15.1 Å². The highest BCUT2D eigenvalue weighted by Crippen LogP contribution is 2.10. The quantitative estimate of drug-likeness (QED) is 0.823. The van der Waals surface area contributed by atoms with Gasteiger partial charge in [-0.05, 0) is 12.3 Å². The van der Waals surface area contributed by atoms with Gasteiger partial charge in [-0.15, -0.1) is 0 Å². The van der Waals surface area contributed by atoms with Gasteiger partial charge in [-0.1, -0.05) is 13.8 Å².